The lowest BCUT2D eigenvalue weighted by Gasteiger charge is -2.18. The zero-order chi connectivity index (χ0) is 57.1. The molecule has 0 aliphatic carbocycles. The first-order valence-electron chi connectivity index (χ1n) is 32.7. The normalized spacial score (nSPS) is 13.0. The van der Waals surface area contributed by atoms with Gasteiger partial charge in [0, 0.05) is 19.3 Å². The lowest BCUT2D eigenvalue weighted by Crippen LogP contribution is -2.30. The molecule has 0 aromatic carbocycles. The largest absolute Gasteiger partial charge is 0.462 e. The van der Waals surface area contributed by atoms with Gasteiger partial charge < -0.3 is 14.2 Å². The quantitative estimate of drug-likeness (QED) is 0.0261. The van der Waals surface area contributed by atoms with Crippen LogP contribution in [0.2, 0.25) is 0 Å². The second kappa shape index (κ2) is 66.1. The smallest absolute Gasteiger partial charge is 0.306 e. The van der Waals surface area contributed by atoms with Gasteiger partial charge in [0.1, 0.15) is 13.2 Å². The van der Waals surface area contributed by atoms with Crippen molar-refractivity contribution in [2.75, 3.05) is 13.2 Å². The molecule has 0 spiro atoms. The molecular formula is C73H120O6. The summed E-state index contributed by atoms with van der Waals surface area (Å²) >= 11 is 0. The maximum Gasteiger partial charge on any atom is 0.306 e. The predicted molar refractivity (Wildman–Crippen MR) is 343 cm³/mol. The second-order valence-electron chi connectivity index (χ2n) is 21.3. The molecule has 0 amide bonds. The molecule has 1 atom stereocenters. The van der Waals surface area contributed by atoms with Crippen molar-refractivity contribution in [3.63, 3.8) is 0 Å². The minimum absolute atomic E-state index is 0.0979. The van der Waals surface area contributed by atoms with Gasteiger partial charge in [0.25, 0.3) is 0 Å². The Balaban J connectivity index is 4.47. The van der Waals surface area contributed by atoms with Gasteiger partial charge in [-0.3, -0.25) is 14.4 Å². The highest BCUT2D eigenvalue weighted by molar-refractivity contribution is 5.71. The van der Waals surface area contributed by atoms with Crippen LogP contribution in [0.1, 0.15) is 290 Å². The minimum Gasteiger partial charge on any atom is -0.462 e. The van der Waals surface area contributed by atoms with Crippen LogP contribution in [-0.4, -0.2) is 37.2 Å². The monoisotopic (exact) mass is 1090 g/mol. The van der Waals surface area contributed by atoms with E-state index in [1.165, 1.54) is 116 Å². The Morgan fingerprint density at radius 2 is 0.494 bits per heavy atom. The van der Waals surface area contributed by atoms with Crippen LogP contribution in [0.3, 0.4) is 0 Å². The van der Waals surface area contributed by atoms with E-state index in [1.807, 2.05) is 0 Å². The Morgan fingerprint density at radius 3 is 0.797 bits per heavy atom. The molecule has 0 aliphatic rings. The summed E-state index contributed by atoms with van der Waals surface area (Å²) in [6.07, 6.45) is 93.1. The van der Waals surface area contributed by atoms with E-state index >= 15 is 0 Å². The zero-order valence-corrected chi connectivity index (χ0v) is 51.3. The zero-order valence-electron chi connectivity index (χ0n) is 51.3. The Labute approximate surface area is 487 Å². The number of allylic oxidation sites excluding steroid dienone is 22. The van der Waals surface area contributed by atoms with Gasteiger partial charge in [-0.15, -0.1) is 0 Å². The van der Waals surface area contributed by atoms with Crippen molar-refractivity contribution < 1.29 is 28.6 Å². The van der Waals surface area contributed by atoms with Crippen LogP contribution in [-0.2, 0) is 28.6 Å². The summed E-state index contributed by atoms with van der Waals surface area (Å²) in [4.78, 5) is 38.4. The molecule has 6 nitrogen and oxygen atoms in total. The van der Waals surface area contributed by atoms with Crippen LogP contribution in [0.4, 0.5) is 0 Å². The van der Waals surface area contributed by atoms with Crippen LogP contribution in [0.25, 0.3) is 0 Å². The summed E-state index contributed by atoms with van der Waals surface area (Å²) < 4.78 is 16.9. The van der Waals surface area contributed by atoms with Crippen LogP contribution in [0.15, 0.2) is 134 Å². The van der Waals surface area contributed by atoms with Gasteiger partial charge in [-0.25, -0.2) is 0 Å². The molecule has 448 valence electrons. The van der Waals surface area contributed by atoms with E-state index in [-0.39, 0.29) is 31.1 Å². The summed E-state index contributed by atoms with van der Waals surface area (Å²) in [6, 6.07) is 0. The summed E-state index contributed by atoms with van der Waals surface area (Å²) in [7, 11) is 0. The number of hydrogen-bond acceptors (Lipinski definition) is 6. The third-order valence-electron chi connectivity index (χ3n) is 13.6. The average molecular weight is 1090 g/mol. The number of esters is 3. The molecule has 6 heteroatoms. The molecule has 0 saturated carbocycles. The van der Waals surface area contributed by atoms with E-state index in [9.17, 15) is 14.4 Å². The molecule has 0 aromatic rings. The first kappa shape index (κ1) is 74.5. The van der Waals surface area contributed by atoms with Crippen molar-refractivity contribution in [2.45, 2.75) is 297 Å². The van der Waals surface area contributed by atoms with Gasteiger partial charge in [-0.1, -0.05) is 270 Å². The molecule has 0 heterocycles. The second-order valence-corrected chi connectivity index (χ2v) is 21.3. The van der Waals surface area contributed by atoms with Crippen molar-refractivity contribution in [3.05, 3.63) is 134 Å². The predicted octanol–water partition coefficient (Wildman–Crippen LogP) is 22.5. The molecule has 0 aromatic heterocycles. The van der Waals surface area contributed by atoms with Crippen molar-refractivity contribution >= 4 is 17.9 Å². The van der Waals surface area contributed by atoms with Crippen LogP contribution >= 0.6 is 0 Å². The molecule has 0 aliphatic heterocycles. The van der Waals surface area contributed by atoms with Gasteiger partial charge in [0.15, 0.2) is 6.10 Å². The van der Waals surface area contributed by atoms with Crippen molar-refractivity contribution in [2.24, 2.45) is 0 Å². The first-order chi connectivity index (χ1) is 39.0. The van der Waals surface area contributed by atoms with Gasteiger partial charge in [-0.05, 0) is 135 Å². The summed E-state index contributed by atoms with van der Waals surface area (Å²) in [5.41, 5.74) is 0. The number of carbonyl (C=O) groups is 3. The van der Waals surface area contributed by atoms with E-state index in [0.717, 1.165) is 135 Å². The summed E-state index contributed by atoms with van der Waals surface area (Å²) in [5, 5.41) is 0. The highest BCUT2D eigenvalue weighted by Crippen LogP contribution is 2.15. The van der Waals surface area contributed by atoms with Crippen LogP contribution in [0.5, 0.6) is 0 Å². The Hall–Kier alpha value is -4.45. The molecular weight excluding hydrogens is 973 g/mol. The fraction of sp³-hybridized carbons (Fsp3) is 0.658. The van der Waals surface area contributed by atoms with Crippen molar-refractivity contribution in [1.82, 2.24) is 0 Å². The van der Waals surface area contributed by atoms with E-state index in [1.54, 1.807) is 0 Å². The number of rotatable bonds is 58. The number of hydrogen-bond donors (Lipinski definition) is 0. The number of carbonyl (C=O) groups excluding carboxylic acids is 3. The molecule has 0 N–H and O–H groups in total. The fourth-order valence-electron chi connectivity index (χ4n) is 8.79. The lowest BCUT2D eigenvalue weighted by molar-refractivity contribution is -0.167. The maximum atomic E-state index is 12.9. The SMILES string of the molecule is CC/C=C\C/C=C\C/C=C\C/C=C\C/C=C\C/C=C\C/C=C\CCCCCC(=O)OCC(COC(=O)CCCCCCCCC/C=C\C/C=C\C/C=C\CC)OC(=O)CCCCCCCCCCC/C=C\CCCCCCCC. The minimum atomic E-state index is -0.804. The Morgan fingerprint density at radius 1 is 0.266 bits per heavy atom. The molecule has 0 fully saturated rings. The van der Waals surface area contributed by atoms with E-state index < -0.39 is 6.10 Å². The van der Waals surface area contributed by atoms with Gasteiger partial charge in [-0.2, -0.15) is 0 Å². The van der Waals surface area contributed by atoms with Crippen LogP contribution in [0, 0.1) is 0 Å². The third-order valence-corrected chi connectivity index (χ3v) is 13.6. The third kappa shape index (κ3) is 64.3. The van der Waals surface area contributed by atoms with Gasteiger partial charge >= 0.3 is 17.9 Å². The molecule has 1 unspecified atom stereocenters. The van der Waals surface area contributed by atoms with Crippen molar-refractivity contribution in [3.8, 4) is 0 Å². The molecule has 0 saturated heterocycles. The average Bonchev–Trinajstić information content (AvgIpc) is 3.45. The fourth-order valence-corrected chi connectivity index (χ4v) is 8.79. The molecule has 79 heavy (non-hydrogen) atoms. The van der Waals surface area contributed by atoms with Crippen molar-refractivity contribution in [1.29, 1.82) is 0 Å². The maximum absolute atomic E-state index is 12.9. The topological polar surface area (TPSA) is 78.9 Å². The van der Waals surface area contributed by atoms with E-state index in [4.69, 9.17) is 14.2 Å². The highest BCUT2D eigenvalue weighted by Gasteiger charge is 2.19. The standard InChI is InChI=1S/C73H120O6/c1-4-7-10-13-16-19-22-25-28-31-33-34-35-36-37-38-40-42-45-48-51-54-57-60-63-66-72(75)78-69-70(68-77-71(74)65-62-59-56-53-50-47-44-41-30-27-24-21-18-15-12-9-6-3)79-73(76)67-64-61-58-55-52-49-46-43-39-32-29-26-23-20-17-14-11-8-5-2/h7,9-10,12,16,18-19,21,25-30,33-34,36-37,40,42,48,51,70H,4-6,8,11,13-15,17,20,22-24,31-32,35,38-39,41,43-47,49-50,52-69H2,1-3H3/b10-7-,12-9-,19-16-,21-18-,28-25-,29-26-,30-27-,34-33-,37-36-,42-40-,51-48-. The molecule has 0 bridgehead atoms. The molecule has 0 rings (SSSR count). The lowest BCUT2D eigenvalue weighted by atomic mass is 10.1. The summed E-state index contributed by atoms with van der Waals surface area (Å²) in [5.74, 6) is -0.939. The van der Waals surface area contributed by atoms with Gasteiger partial charge in [0.05, 0.1) is 0 Å². The van der Waals surface area contributed by atoms with E-state index in [2.05, 4.69) is 154 Å². The number of ether oxygens (including phenoxy) is 3. The van der Waals surface area contributed by atoms with E-state index in [0.29, 0.717) is 19.3 Å². The molecule has 0 radical (unpaired) electrons. The highest BCUT2D eigenvalue weighted by atomic mass is 16.6. The van der Waals surface area contributed by atoms with Gasteiger partial charge in [0.2, 0.25) is 0 Å². The Kier molecular flexibility index (Phi) is 62.3. The Bertz CT molecular complexity index is 1680. The first-order valence-corrected chi connectivity index (χ1v) is 32.7. The number of unbranched alkanes of at least 4 members (excludes halogenated alkanes) is 25. The summed E-state index contributed by atoms with van der Waals surface area (Å²) in [6.45, 7) is 6.39. The van der Waals surface area contributed by atoms with Crippen LogP contribution < -0.4 is 0 Å².